The van der Waals surface area contributed by atoms with Gasteiger partial charge < -0.3 is 5.32 Å². The third-order valence-corrected chi connectivity index (χ3v) is 3.58. The van der Waals surface area contributed by atoms with E-state index in [0.29, 0.717) is 22.2 Å². The standard InChI is InChI=1S/C13H12BrCl2N3O/c14-9-7-18-19(8-9)5-1-4-17-13(20)11-3-2-10(15)6-12(11)16/h2-3,6-8H,1,4-5H2,(H,17,20). The van der Waals surface area contributed by atoms with Gasteiger partial charge in [0.05, 0.1) is 21.3 Å². The lowest BCUT2D eigenvalue weighted by Gasteiger charge is -2.07. The summed E-state index contributed by atoms with van der Waals surface area (Å²) in [5, 5.41) is 7.82. The van der Waals surface area contributed by atoms with Crippen molar-refractivity contribution < 1.29 is 4.79 Å². The van der Waals surface area contributed by atoms with Crippen LogP contribution in [0.15, 0.2) is 35.1 Å². The molecule has 20 heavy (non-hydrogen) atoms. The van der Waals surface area contributed by atoms with Crippen LogP contribution in [-0.2, 0) is 6.54 Å². The number of carbonyl (C=O) groups is 1. The number of nitrogens with zero attached hydrogens (tertiary/aromatic N) is 2. The molecule has 0 aliphatic rings. The zero-order valence-corrected chi connectivity index (χ0v) is 13.5. The fourth-order valence-electron chi connectivity index (χ4n) is 1.67. The van der Waals surface area contributed by atoms with Gasteiger partial charge in [-0.15, -0.1) is 0 Å². The lowest BCUT2D eigenvalue weighted by atomic mass is 10.2. The molecular formula is C13H12BrCl2N3O. The van der Waals surface area contributed by atoms with Crippen LogP contribution in [0, 0.1) is 0 Å². The van der Waals surface area contributed by atoms with Crippen LogP contribution in [0.2, 0.25) is 10.0 Å². The number of halogens is 3. The minimum Gasteiger partial charge on any atom is -0.352 e. The maximum atomic E-state index is 11.9. The topological polar surface area (TPSA) is 46.9 Å². The van der Waals surface area contributed by atoms with E-state index in [1.165, 1.54) is 0 Å². The molecule has 0 fully saturated rings. The van der Waals surface area contributed by atoms with Crippen LogP contribution in [0.5, 0.6) is 0 Å². The highest BCUT2D eigenvalue weighted by Gasteiger charge is 2.09. The Bertz CT molecular complexity index is 615. The minimum atomic E-state index is -0.201. The molecule has 0 radical (unpaired) electrons. The Morgan fingerprint density at radius 3 is 2.85 bits per heavy atom. The molecule has 0 unspecified atom stereocenters. The largest absolute Gasteiger partial charge is 0.352 e. The first-order valence-corrected chi connectivity index (χ1v) is 7.52. The second-order valence-electron chi connectivity index (χ2n) is 4.16. The average molecular weight is 377 g/mol. The van der Waals surface area contributed by atoms with Crippen molar-refractivity contribution in [3.8, 4) is 0 Å². The molecule has 0 aliphatic heterocycles. The molecule has 0 bridgehead atoms. The lowest BCUT2D eigenvalue weighted by Crippen LogP contribution is -2.25. The molecular weight excluding hydrogens is 365 g/mol. The fourth-order valence-corrected chi connectivity index (χ4v) is 2.49. The molecule has 1 aromatic carbocycles. The van der Waals surface area contributed by atoms with E-state index >= 15 is 0 Å². The van der Waals surface area contributed by atoms with Gasteiger partial charge in [-0.1, -0.05) is 23.2 Å². The monoisotopic (exact) mass is 375 g/mol. The van der Waals surface area contributed by atoms with E-state index in [9.17, 15) is 4.79 Å². The van der Waals surface area contributed by atoms with Crippen LogP contribution in [0.3, 0.4) is 0 Å². The van der Waals surface area contributed by atoms with Crippen LogP contribution in [0.1, 0.15) is 16.8 Å². The van der Waals surface area contributed by atoms with E-state index < -0.39 is 0 Å². The molecule has 1 aromatic heterocycles. The zero-order chi connectivity index (χ0) is 14.5. The maximum Gasteiger partial charge on any atom is 0.252 e. The molecule has 106 valence electrons. The van der Waals surface area contributed by atoms with Crippen LogP contribution >= 0.6 is 39.1 Å². The van der Waals surface area contributed by atoms with Crippen molar-refractivity contribution in [2.24, 2.45) is 0 Å². The van der Waals surface area contributed by atoms with Crippen LogP contribution in [0.25, 0.3) is 0 Å². The summed E-state index contributed by atoms with van der Waals surface area (Å²) in [6.45, 7) is 1.29. The first-order chi connectivity index (χ1) is 9.56. The zero-order valence-electron chi connectivity index (χ0n) is 10.4. The Balaban J connectivity index is 1.80. The van der Waals surface area contributed by atoms with Crippen molar-refractivity contribution >= 4 is 45.0 Å². The Morgan fingerprint density at radius 2 is 2.20 bits per heavy atom. The predicted octanol–water partition coefficient (Wildman–Crippen LogP) is 3.77. The predicted molar refractivity (Wildman–Crippen MR) is 83.3 cm³/mol. The first kappa shape index (κ1) is 15.4. The molecule has 7 heteroatoms. The van der Waals surface area contributed by atoms with Gasteiger partial charge in [-0.25, -0.2) is 0 Å². The van der Waals surface area contributed by atoms with Crippen molar-refractivity contribution in [1.82, 2.24) is 15.1 Å². The van der Waals surface area contributed by atoms with Gasteiger partial charge in [0.15, 0.2) is 0 Å². The summed E-state index contributed by atoms with van der Waals surface area (Å²) in [5.74, 6) is -0.201. The summed E-state index contributed by atoms with van der Waals surface area (Å²) in [7, 11) is 0. The average Bonchev–Trinajstić information content (AvgIpc) is 2.80. The number of benzene rings is 1. The van der Waals surface area contributed by atoms with Gasteiger partial charge in [-0.2, -0.15) is 5.10 Å². The van der Waals surface area contributed by atoms with E-state index in [-0.39, 0.29) is 5.91 Å². The van der Waals surface area contributed by atoms with Crippen LogP contribution in [-0.4, -0.2) is 22.2 Å². The molecule has 2 aromatic rings. The van der Waals surface area contributed by atoms with Crippen LogP contribution < -0.4 is 5.32 Å². The van der Waals surface area contributed by atoms with Gasteiger partial charge in [0.1, 0.15) is 0 Å². The summed E-state index contributed by atoms with van der Waals surface area (Å²) in [6.07, 6.45) is 4.40. The summed E-state index contributed by atoms with van der Waals surface area (Å²) in [6, 6.07) is 4.81. The highest BCUT2D eigenvalue weighted by molar-refractivity contribution is 9.10. The molecule has 0 saturated carbocycles. The molecule has 0 saturated heterocycles. The quantitative estimate of drug-likeness (QED) is 0.807. The molecule has 0 aliphatic carbocycles. The maximum absolute atomic E-state index is 11.9. The van der Waals surface area contributed by atoms with Gasteiger partial charge in [0.25, 0.3) is 5.91 Å². The van der Waals surface area contributed by atoms with Crippen molar-refractivity contribution in [1.29, 1.82) is 0 Å². The number of carbonyl (C=O) groups excluding carboxylic acids is 1. The molecule has 1 N–H and O–H groups in total. The first-order valence-electron chi connectivity index (χ1n) is 5.97. The molecule has 0 atom stereocenters. The lowest BCUT2D eigenvalue weighted by molar-refractivity contribution is 0.0953. The molecule has 0 spiro atoms. The number of rotatable bonds is 5. The van der Waals surface area contributed by atoms with Gasteiger partial charge in [0, 0.05) is 24.3 Å². The number of amides is 1. The van der Waals surface area contributed by atoms with E-state index in [1.54, 1.807) is 24.4 Å². The van der Waals surface area contributed by atoms with Crippen molar-refractivity contribution in [3.63, 3.8) is 0 Å². The Kier molecular flexibility index (Phi) is 5.46. The molecule has 2 rings (SSSR count). The van der Waals surface area contributed by atoms with Crippen molar-refractivity contribution in [2.45, 2.75) is 13.0 Å². The summed E-state index contributed by atoms with van der Waals surface area (Å²) < 4.78 is 2.75. The SMILES string of the molecule is O=C(NCCCn1cc(Br)cn1)c1ccc(Cl)cc1Cl. The molecule has 1 heterocycles. The Hall–Kier alpha value is -1.04. The second kappa shape index (κ2) is 7.11. The van der Waals surface area contributed by atoms with Gasteiger partial charge in [-0.05, 0) is 40.5 Å². The number of aryl methyl sites for hydroxylation is 1. The third kappa shape index (κ3) is 4.23. The van der Waals surface area contributed by atoms with Crippen molar-refractivity contribution in [2.75, 3.05) is 6.54 Å². The Labute approximate surface area is 135 Å². The number of hydrogen-bond acceptors (Lipinski definition) is 2. The molecule has 1 amide bonds. The van der Waals surface area contributed by atoms with Gasteiger partial charge >= 0.3 is 0 Å². The number of aromatic nitrogens is 2. The highest BCUT2D eigenvalue weighted by Crippen LogP contribution is 2.20. The second-order valence-corrected chi connectivity index (χ2v) is 5.91. The van der Waals surface area contributed by atoms with E-state index in [2.05, 4.69) is 26.3 Å². The van der Waals surface area contributed by atoms with E-state index in [1.807, 2.05) is 10.9 Å². The number of nitrogens with one attached hydrogen (secondary N) is 1. The van der Waals surface area contributed by atoms with E-state index in [0.717, 1.165) is 17.4 Å². The van der Waals surface area contributed by atoms with Crippen molar-refractivity contribution in [3.05, 3.63) is 50.7 Å². The fraction of sp³-hybridized carbons (Fsp3) is 0.231. The van der Waals surface area contributed by atoms with E-state index in [4.69, 9.17) is 23.2 Å². The summed E-state index contributed by atoms with van der Waals surface area (Å²) in [5.41, 5.74) is 0.429. The summed E-state index contributed by atoms with van der Waals surface area (Å²) in [4.78, 5) is 11.9. The normalized spacial score (nSPS) is 10.6. The highest BCUT2D eigenvalue weighted by atomic mass is 79.9. The number of hydrogen-bond donors (Lipinski definition) is 1. The minimum absolute atomic E-state index is 0.201. The summed E-state index contributed by atoms with van der Waals surface area (Å²) >= 11 is 15.1. The third-order valence-electron chi connectivity index (χ3n) is 2.63. The Morgan fingerprint density at radius 1 is 1.40 bits per heavy atom. The van der Waals surface area contributed by atoms with Gasteiger partial charge in [0.2, 0.25) is 0 Å². The smallest absolute Gasteiger partial charge is 0.252 e. The molecule has 4 nitrogen and oxygen atoms in total. The van der Waals surface area contributed by atoms with Gasteiger partial charge in [-0.3, -0.25) is 9.48 Å². The van der Waals surface area contributed by atoms with Crippen LogP contribution in [0.4, 0.5) is 0 Å².